The van der Waals surface area contributed by atoms with Gasteiger partial charge in [0.25, 0.3) is 0 Å². The van der Waals surface area contributed by atoms with Gasteiger partial charge in [-0.05, 0) is 0 Å². The van der Waals surface area contributed by atoms with Crippen LogP contribution in [-0.4, -0.2) is 27.9 Å². The summed E-state index contributed by atoms with van der Waals surface area (Å²) in [5, 5.41) is 0. The summed E-state index contributed by atoms with van der Waals surface area (Å²) in [6, 6.07) is 0. The van der Waals surface area contributed by atoms with Crippen LogP contribution in [0.4, 0.5) is 0 Å². The molecule has 2 radical (unpaired) electrons. The van der Waals surface area contributed by atoms with Gasteiger partial charge in [0, 0.05) is 0 Å². The number of carbonyl (C=O) groups excluding carboxylic acids is 1. The summed E-state index contributed by atoms with van der Waals surface area (Å²) in [5.41, 5.74) is 0. The zero-order valence-electron chi connectivity index (χ0n) is 3.62. The van der Waals surface area contributed by atoms with Crippen LogP contribution in [0, 0.1) is 0 Å². The van der Waals surface area contributed by atoms with Gasteiger partial charge in [-0.2, -0.15) is 0 Å². The molecule has 0 aliphatic heterocycles. The monoisotopic (exact) mass is 180 g/mol. The molecule has 0 rings (SSSR count). The molecule has 0 amide bonds. The number of carbonyl (C=O) groups is 1. The van der Waals surface area contributed by atoms with Crippen LogP contribution >= 0.6 is 0 Å². The van der Waals surface area contributed by atoms with E-state index in [0.29, 0.717) is 0 Å². The first-order valence-corrected chi connectivity index (χ1v) is 7.00. The second-order valence-corrected chi connectivity index (χ2v) is 3.35. The fraction of sp³-hybridized carbons (Fsp3) is 0.667. The normalized spacial score (nSPS) is 4.40. The predicted octanol–water partition coefficient (Wildman–Crippen LogP) is 0.602. The maximum atomic E-state index is 8.00. The Balaban J connectivity index is 0. The van der Waals surface area contributed by atoms with E-state index in [0.717, 1.165) is 0 Å². The molecule has 30 valence electrons. The summed E-state index contributed by atoms with van der Waals surface area (Å²) >= 11 is 0.230. The molecule has 0 spiro atoms. The quantitative estimate of drug-likeness (QED) is 0.497. The first-order chi connectivity index (χ1) is 2.41. The van der Waals surface area contributed by atoms with Crippen LogP contribution in [0.15, 0.2) is 0 Å². The van der Waals surface area contributed by atoms with Gasteiger partial charge >= 0.3 is 31.0 Å². The third-order valence-corrected chi connectivity index (χ3v) is 0. The molecule has 0 saturated heterocycles. The molecular formula is C3H8OSn. The Morgan fingerprint density at radius 2 is 1.40 bits per heavy atom. The van der Waals surface area contributed by atoms with Crippen molar-refractivity contribution < 1.29 is 4.79 Å². The fourth-order valence-corrected chi connectivity index (χ4v) is 0. The van der Waals surface area contributed by atoms with Gasteiger partial charge in [0.1, 0.15) is 6.79 Å². The van der Waals surface area contributed by atoms with E-state index in [2.05, 4.69) is 9.88 Å². The Bertz CT molecular complexity index is 10.9. The van der Waals surface area contributed by atoms with Crippen LogP contribution in [0.2, 0.25) is 9.88 Å². The predicted molar refractivity (Wildman–Crippen MR) is 24.6 cm³/mol. The standard InChI is InChI=1S/CH2O.2CH3.Sn/c1-2;;;/h1H2;2*1H3;. The van der Waals surface area contributed by atoms with E-state index in [4.69, 9.17) is 4.79 Å². The van der Waals surface area contributed by atoms with Crippen molar-refractivity contribution in [3.63, 3.8) is 0 Å². The zero-order chi connectivity index (χ0) is 4.71. The van der Waals surface area contributed by atoms with E-state index in [-0.39, 0.29) is 21.1 Å². The molecule has 5 heavy (non-hydrogen) atoms. The Kier molecular flexibility index (Phi) is 45.2. The van der Waals surface area contributed by atoms with Gasteiger partial charge in [-0.3, -0.25) is 0 Å². The average Bonchev–Trinajstić information content (AvgIpc) is 1.46. The fourth-order valence-electron chi connectivity index (χ4n) is 0. The van der Waals surface area contributed by atoms with Crippen molar-refractivity contribution >= 4 is 27.9 Å². The van der Waals surface area contributed by atoms with E-state index < -0.39 is 0 Å². The Hall–Kier alpha value is 0.469. The van der Waals surface area contributed by atoms with Crippen molar-refractivity contribution in [2.24, 2.45) is 0 Å². The van der Waals surface area contributed by atoms with Crippen LogP contribution in [0.1, 0.15) is 0 Å². The zero-order valence-corrected chi connectivity index (χ0v) is 6.47. The topological polar surface area (TPSA) is 17.1 Å². The summed E-state index contributed by atoms with van der Waals surface area (Å²) in [6.45, 7) is 2.00. The summed E-state index contributed by atoms with van der Waals surface area (Å²) in [4.78, 5) is 12.6. The molecule has 0 aliphatic rings. The number of hydrogen-bond donors (Lipinski definition) is 0. The van der Waals surface area contributed by atoms with Crippen LogP contribution in [-0.2, 0) is 4.79 Å². The number of rotatable bonds is 0. The van der Waals surface area contributed by atoms with Crippen LogP contribution in [0.5, 0.6) is 0 Å². The first kappa shape index (κ1) is 9.08. The molecule has 2 heteroatoms. The molecule has 0 aromatic rings. The molecule has 0 aliphatic carbocycles. The second kappa shape index (κ2) is 24.9. The van der Waals surface area contributed by atoms with Gasteiger partial charge in [-0.15, -0.1) is 0 Å². The van der Waals surface area contributed by atoms with Crippen molar-refractivity contribution in [3.8, 4) is 0 Å². The SMILES string of the molecule is C=O.[CH3][Sn][CH3]. The summed E-state index contributed by atoms with van der Waals surface area (Å²) < 4.78 is 0. The number of hydrogen-bond acceptors (Lipinski definition) is 1. The van der Waals surface area contributed by atoms with E-state index in [1.807, 2.05) is 6.79 Å². The van der Waals surface area contributed by atoms with Gasteiger partial charge < -0.3 is 4.79 Å². The molecule has 1 nitrogen and oxygen atoms in total. The Labute approximate surface area is 43.0 Å². The first-order valence-electron chi connectivity index (χ1n) is 1.29. The summed E-state index contributed by atoms with van der Waals surface area (Å²) in [6.07, 6.45) is 0. The Morgan fingerprint density at radius 3 is 1.40 bits per heavy atom. The van der Waals surface area contributed by atoms with Crippen molar-refractivity contribution in [1.82, 2.24) is 0 Å². The van der Waals surface area contributed by atoms with Gasteiger partial charge in [-0.25, -0.2) is 0 Å². The van der Waals surface area contributed by atoms with Gasteiger partial charge in [0.15, 0.2) is 0 Å². The van der Waals surface area contributed by atoms with Crippen molar-refractivity contribution in [2.45, 2.75) is 9.88 Å². The molecule has 0 N–H and O–H groups in total. The molecule has 0 fully saturated rings. The summed E-state index contributed by atoms with van der Waals surface area (Å²) in [5.74, 6) is 0. The van der Waals surface area contributed by atoms with Gasteiger partial charge in [0.2, 0.25) is 0 Å². The van der Waals surface area contributed by atoms with Crippen LogP contribution in [0.3, 0.4) is 0 Å². The third kappa shape index (κ3) is 124. The molecule has 0 atom stereocenters. The molecule has 0 unspecified atom stereocenters. The molecule has 0 heterocycles. The van der Waals surface area contributed by atoms with E-state index in [9.17, 15) is 0 Å². The van der Waals surface area contributed by atoms with Crippen LogP contribution < -0.4 is 0 Å². The molecule has 0 aromatic carbocycles. The van der Waals surface area contributed by atoms with Crippen molar-refractivity contribution in [1.29, 1.82) is 0 Å². The third-order valence-electron chi connectivity index (χ3n) is 0. The Morgan fingerprint density at radius 1 is 1.40 bits per heavy atom. The second-order valence-electron chi connectivity index (χ2n) is 0.500. The molecule has 0 aromatic heterocycles. The molecule has 0 bridgehead atoms. The average molecular weight is 179 g/mol. The van der Waals surface area contributed by atoms with Crippen LogP contribution in [0.25, 0.3) is 0 Å². The van der Waals surface area contributed by atoms with Gasteiger partial charge in [-0.1, -0.05) is 0 Å². The van der Waals surface area contributed by atoms with E-state index in [1.54, 1.807) is 0 Å². The minimum absolute atomic E-state index is 0.230. The molecular weight excluding hydrogens is 171 g/mol. The van der Waals surface area contributed by atoms with E-state index in [1.165, 1.54) is 0 Å². The maximum absolute atomic E-state index is 8.00. The minimum atomic E-state index is 0.230. The van der Waals surface area contributed by atoms with Gasteiger partial charge in [0.05, 0.1) is 0 Å². The van der Waals surface area contributed by atoms with Crippen molar-refractivity contribution in [3.05, 3.63) is 0 Å². The van der Waals surface area contributed by atoms with Crippen molar-refractivity contribution in [2.75, 3.05) is 0 Å². The summed E-state index contributed by atoms with van der Waals surface area (Å²) in [7, 11) is 0. The molecule has 0 saturated carbocycles. The van der Waals surface area contributed by atoms with E-state index >= 15 is 0 Å².